The highest BCUT2D eigenvalue weighted by molar-refractivity contribution is 7.98. The summed E-state index contributed by atoms with van der Waals surface area (Å²) in [5.41, 5.74) is 0.331. The van der Waals surface area contributed by atoms with E-state index in [1.54, 1.807) is 48.4 Å². The predicted molar refractivity (Wildman–Crippen MR) is 102 cm³/mol. The molecule has 1 aromatic carbocycles. The van der Waals surface area contributed by atoms with Crippen molar-refractivity contribution < 1.29 is 13.2 Å². The van der Waals surface area contributed by atoms with Gasteiger partial charge in [-0.1, -0.05) is 18.2 Å². The Kier molecular flexibility index (Phi) is 5.68. The zero-order valence-corrected chi connectivity index (χ0v) is 16.6. The van der Waals surface area contributed by atoms with Gasteiger partial charge < -0.3 is 9.88 Å². The number of aromatic amines is 1. The first-order valence-electron chi connectivity index (χ1n) is 8.34. The van der Waals surface area contributed by atoms with Crippen LogP contribution in [0.15, 0.2) is 45.0 Å². The summed E-state index contributed by atoms with van der Waals surface area (Å²) in [5.74, 6) is -0.252. The molecule has 2 aromatic rings. The van der Waals surface area contributed by atoms with E-state index in [-0.39, 0.29) is 37.0 Å². The summed E-state index contributed by atoms with van der Waals surface area (Å²) in [4.78, 5) is 32.7. The van der Waals surface area contributed by atoms with E-state index in [0.717, 1.165) is 0 Å². The molecule has 3 rings (SSSR count). The first-order chi connectivity index (χ1) is 12.8. The Hall–Kier alpha value is -2.17. The lowest BCUT2D eigenvalue weighted by Crippen LogP contribution is -2.50. The normalized spacial score (nSPS) is 15.7. The van der Waals surface area contributed by atoms with Crippen LogP contribution in [0.1, 0.15) is 16.1 Å². The Morgan fingerprint density at radius 3 is 2.37 bits per heavy atom. The summed E-state index contributed by atoms with van der Waals surface area (Å²) in [6, 6.07) is 8.25. The third kappa shape index (κ3) is 3.92. The van der Waals surface area contributed by atoms with Crippen molar-refractivity contribution in [1.29, 1.82) is 0 Å². The largest absolute Gasteiger partial charge is 0.346 e. The molecule has 1 N–H and O–H groups in total. The number of hydrogen-bond donors (Lipinski definition) is 1. The molecule has 27 heavy (non-hydrogen) atoms. The van der Waals surface area contributed by atoms with E-state index < -0.39 is 15.7 Å². The van der Waals surface area contributed by atoms with Crippen LogP contribution >= 0.6 is 11.8 Å². The molecule has 1 aromatic heterocycles. The van der Waals surface area contributed by atoms with Gasteiger partial charge in [-0.25, -0.2) is 13.2 Å². The molecule has 1 aliphatic rings. The first-order valence-corrected chi connectivity index (χ1v) is 11.0. The molecule has 0 radical (unpaired) electrons. The number of carbonyl (C=O) groups excluding carboxylic acids is 1. The van der Waals surface area contributed by atoms with Crippen LogP contribution in [-0.4, -0.2) is 65.9 Å². The van der Waals surface area contributed by atoms with Crippen LogP contribution in [0.3, 0.4) is 0 Å². The summed E-state index contributed by atoms with van der Waals surface area (Å²) < 4.78 is 26.8. The Labute approximate surface area is 161 Å². The fourth-order valence-electron chi connectivity index (χ4n) is 2.99. The van der Waals surface area contributed by atoms with Crippen molar-refractivity contribution in [3.05, 3.63) is 52.1 Å². The molecule has 0 unspecified atom stereocenters. The number of nitrogens with one attached hydrogen (secondary N) is 1. The van der Waals surface area contributed by atoms with Gasteiger partial charge in [-0.05, 0) is 25.3 Å². The summed E-state index contributed by atoms with van der Waals surface area (Å²) in [6.07, 6.45) is 1.75. The second-order valence-corrected chi connectivity index (χ2v) is 8.79. The van der Waals surface area contributed by atoms with Crippen LogP contribution in [0.25, 0.3) is 0 Å². The third-order valence-electron chi connectivity index (χ3n) is 4.40. The van der Waals surface area contributed by atoms with E-state index in [1.165, 1.54) is 16.1 Å². The third-order valence-corrected chi connectivity index (χ3v) is 7.00. The lowest BCUT2D eigenvalue weighted by molar-refractivity contribution is 0.0692. The average molecular weight is 409 g/mol. The molecule has 144 valence electrons. The van der Waals surface area contributed by atoms with Gasteiger partial charge in [-0.3, -0.25) is 4.79 Å². The minimum atomic E-state index is -3.57. The molecule has 0 aliphatic carbocycles. The van der Waals surface area contributed by atoms with Gasteiger partial charge in [0, 0.05) is 31.9 Å². The van der Waals surface area contributed by atoms with Crippen molar-refractivity contribution >= 4 is 27.7 Å². The van der Waals surface area contributed by atoms with Crippen LogP contribution in [0.5, 0.6) is 0 Å². The minimum Gasteiger partial charge on any atom is -0.336 e. The monoisotopic (exact) mass is 408 g/mol. The molecule has 1 saturated heterocycles. The Bertz CT molecular complexity index is 997. The molecule has 10 heteroatoms. The minimum absolute atomic E-state index is 0.216. The van der Waals surface area contributed by atoms with Gasteiger partial charge >= 0.3 is 5.69 Å². The van der Waals surface area contributed by atoms with Gasteiger partial charge in [0.1, 0.15) is 5.03 Å². The van der Waals surface area contributed by atoms with Crippen LogP contribution in [0, 0.1) is 6.92 Å². The summed E-state index contributed by atoms with van der Waals surface area (Å²) in [7, 11) is -3.57. The summed E-state index contributed by atoms with van der Waals surface area (Å²) >= 11 is 1.23. The number of aryl methyl sites for hydroxylation is 1. The standard InChI is InChI=1S/C17H20N4O4S2/c1-12-14(15(26-2)19-17(23)18-12)16(22)20-8-10-21(11-9-20)27(24,25)13-6-4-3-5-7-13/h3-7H,8-11H2,1-2H3,(H,18,19,23). The van der Waals surface area contributed by atoms with E-state index in [0.29, 0.717) is 16.3 Å². The molecule has 8 nitrogen and oxygen atoms in total. The number of sulfonamides is 1. The summed E-state index contributed by atoms with van der Waals surface area (Å²) in [6.45, 7) is 2.64. The van der Waals surface area contributed by atoms with E-state index in [9.17, 15) is 18.0 Å². The van der Waals surface area contributed by atoms with E-state index in [2.05, 4.69) is 9.97 Å². The average Bonchev–Trinajstić information content (AvgIpc) is 2.67. The molecular weight excluding hydrogens is 388 g/mol. The molecular formula is C17H20N4O4S2. The van der Waals surface area contributed by atoms with Gasteiger partial charge in [0.15, 0.2) is 0 Å². The predicted octanol–water partition coefficient (Wildman–Crippen LogP) is 0.947. The van der Waals surface area contributed by atoms with Crippen LogP contribution in [-0.2, 0) is 10.0 Å². The number of H-pyrrole nitrogens is 1. The topological polar surface area (TPSA) is 103 Å². The summed E-state index contributed by atoms with van der Waals surface area (Å²) in [5, 5.41) is 0.376. The van der Waals surface area contributed by atoms with E-state index >= 15 is 0 Å². The van der Waals surface area contributed by atoms with Crippen LogP contribution in [0.2, 0.25) is 0 Å². The molecule has 1 amide bonds. The van der Waals surface area contributed by atoms with E-state index in [4.69, 9.17) is 0 Å². The number of nitrogens with zero attached hydrogens (tertiary/aromatic N) is 3. The number of rotatable bonds is 4. The number of carbonyl (C=O) groups is 1. The van der Waals surface area contributed by atoms with Crippen molar-refractivity contribution in [2.75, 3.05) is 32.4 Å². The fraction of sp³-hybridized carbons (Fsp3) is 0.353. The molecule has 0 spiro atoms. The van der Waals surface area contributed by atoms with Gasteiger partial charge in [0.2, 0.25) is 10.0 Å². The Morgan fingerprint density at radius 1 is 1.15 bits per heavy atom. The highest BCUT2D eigenvalue weighted by atomic mass is 32.2. The van der Waals surface area contributed by atoms with Gasteiger partial charge in [-0.2, -0.15) is 9.29 Å². The number of hydrogen-bond acceptors (Lipinski definition) is 6. The molecule has 0 saturated carbocycles. The Balaban J connectivity index is 1.77. The Morgan fingerprint density at radius 2 is 1.78 bits per heavy atom. The maximum Gasteiger partial charge on any atom is 0.346 e. The van der Waals surface area contributed by atoms with Crippen molar-refractivity contribution in [3.63, 3.8) is 0 Å². The van der Waals surface area contributed by atoms with Gasteiger partial charge in [-0.15, -0.1) is 11.8 Å². The van der Waals surface area contributed by atoms with Crippen molar-refractivity contribution in [1.82, 2.24) is 19.2 Å². The van der Waals surface area contributed by atoms with Crippen LogP contribution < -0.4 is 5.69 Å². The maximum atomic E-state index is 12.9. The SMILES string of the molecule is CSc1nc(=O)[nH]c(C)c1C(=O)N1CCN(S(=O)(=O)c2ccccc2)CC1. The number of piperazine rings is 1. The second kappa shape index (κ2) is 7.83. The smallest absolute Gasteiger partial charge is 0.336 e. The molecule has 2 heterocycles. The van der Waals surface area contributed by atoms with E-state index in [1.807, 2.05) is 0 Å². The van der Waals surface area contributed by atoms with Gasteiger partial charge in [0.25, 0.3) is 5.91 Å². The first kappa shape index (κ1) is 19.6. The zero-order valence-electron chi connectivity index (χ0n) is 15.0. The lowest BCUT2D eigenvalue weighted by Gasteiger charge is -2.34. The molecule has 0 atom stereocenters. The second-order valence-electron chi connectivity index (χ2n) is 6.06. The maximum absolute atomic E-state index is 12.9. The van der Waals surface area contributed by atoms with Crippen molar-refractivity contribution in [3.8, 4) is 0 Å². The van der Waals surface area contributed by atoms with Crippen molar-refractivity contribution in [2.45, 2.75) is 16.8 Å². The van der Waals surface area contributed by atoms with Crippen molar-refractivity contribution in [2.24, 2.45) is 0 Å². The zero-order chi connectivity index (χ0) is 19.6. The lowest BCUT2D eigenvalue weighted by atomic mass is 10.2. The molecule has 0 bridgehead atoms. The van der Waals surface area contributed by atoms with Gasteiger partial charge in [0.05, 0.1) is 10.5 Å². The quantitative estimate of drug-likeness (QED) is 0.597. The number of thioether (sulfide) groups is 1. The number of amides is 1. The van der Waals surface area contributed by atoms with Crippen LogP contribution in [0.4, 0.5) is 0 Å². The number of benzene rings is 1. The fourth-order valence-corrected chi connectivity index (χ4v) is 5.05. The number of aromatic nitrogens is 2. The molecule has 1 fully saturated rings. The highest BCUT2D eigenvalue weighted by Crippen LogP contribution is 2.22. The highest BCUT2D eigenvalue weighted by Gasteiger charge is 2.31. The molecule has 1 aliphatic heterocycles.